The fraction of sp³-hybridized carbons (Fsp3) is 0.300. The molecule has 8 rings (SSSR count). The van der Waals surface area contributed by atoms with Gasteiger partial charge in [0, 0.05) is 77.5 Å². The lowest BCUT2D eigenvalue weighted by Gasteiger charge is -2.57. The predicted octanol–water partition coefficient (Wildman–Crippen LogP) is 8.11. The molecule has 3 unspecified atom stereocenters. The number of hydrogen-bond acceptors (Lipinski definition) is 4. The topological polar surface area (TPSA) is 61.1 Å². The van der Waals surface area contributed by atoms with E-state index in [2.05, 4.69) is 70.5 Å². The lowest BCUT2D eigenvalue weighted by atomic mass is 9.50. The molecule has 5 aromatic rings. The number of nitrogens with zero attached hydrogens (tertiary/aromatic N) is 3. The average Bonchev–Trinajstić information content (AvgIpc) is 3.76. The molecule has 0 bridgehead atoms. The predicted molar refractivity (Wildman–Crippen MR) is 194 cm³/mol. The lowest BCUT2D eigenvalue weighted by Crippen LogP contribution is -2.62. The maximum absolute atomic E-state index is 13.2. The van der Waals surface area contributed by atoms with Gasteiger partial charge < -0.3 is 19.2 Å². The third-order valence-corrected chi connectivity index (χ3v) is 11.5. The number of aryl methyl sites for hydroxylation is 2. The Balaban J connectivity index is 1.30. The molecule has 2 saturated carbocycles. The maximum Gasteiger partial charge on any atom is 0.251 e. The second-order valence-electron chi connectivity index (χ2n) is 13.7. The number of imidazole rings is 1. The molecule has 3 aromatic carbocycles. The van der Waals surface area contributed by atoms with Crippen LogP contribution in [0.25, 0.3) is 22.0 Å². The zero-order valence-electron chi connectivity index (χ0n) is 27.3. The SMILES string of the molecule is COC1C=CC(C2(NC3CC(c4ccc5c(c4)c(-c4cccc(Cl)c4)cc(=O)n5C)(c4cncn4C)[C@@H]3c3ccc(Cl)cc3)CC2)=CC1. The quantitative estimate of drug-likeness (QED) is 0.180. The van der Waals surface area contributed by atoms with E-state index < -0.39 is 5.41 Å². The van der Waals surface area contributed by atoms with Crippen molar-refractivity contribution in [3.8, 4) is 11.1 Å². The Morgan fingerprint density at radius 3 is 2.46 bits per heavy atom. The molecular weight excluding hydrogens is 639 g/mol. The Morgan fingerprint density at radius 2 is 1.79 bits per heavy atom. The van der Waals surface area contributed by atoms with Crippen molar-refractivity contribution in [1.82, 2.24) is 19.4 Å². The van der Waals surface area contributed by atoms with Gasteiger partial charge >= 0.3 is 0 Å². The van der Waals surface area contributed by atoms with Crippen LogP contribution in [0.15, 0.2) is 114 Å². The van der Waals surface area contributed by atoms with Gasteiger partial charge in [0.05, 0.1) is 17.9 Å². The van der Waals surface area contributed by atoms with Crippen molar-refractivity contribution in [2.45, 2.75) is 54.7 Å². The first-order valence-electron chi connectivity index (χ1n) is 16.5. The second kappa shape index (κ2) is 11.9. The Bertz CT molecular complexity index is 2160. The van der Waals surface area contributed by atoms with Gasteiger partial charge in [-0.1, -0.05) is 71.8 Å². The van der Waals surface area contributed by atoms with Crippen LogP contribution in [0.5, 0.6) is 0 Å². The van der Waals surface area contributed by atoms with Crippen LogP contribution < -0.4 is 10.9 Å². The van der Waals surface area contributed by atoms with Gasteiger partial charge in [-0.15, -0.1) is 0 Å². The zero-order valence-corrected chi connectivity index (χ0v) is 28.8. The largest absolute Gasteiger partial charge is 0.377 e. The Morgan fingerprint density at radius 1 is 0.979 bits per heavy atom. The lowest BCUT2D eigenvalue weighted by molar-refractivity contribution is 0.138. The van der Waals surface area contributed by atoms with Crippen LogP contribution in [0, 0.1) is 0 Å². The number of halogens is 2. The van der Waals surface area contributed by atoms with Gasteiger partial charge in [-0.3, -0.25) is 4.79 Å². The van der Waals surface area contributed by atoms with E-state index in [0.29, 0.717) is 5.02 Å². The number of ether oxygens (including phenoxy) is 1. The summed E-state index contributed by atoms with van der Waals surface area (Å²) in [6.07, 6.45) is 14.8. The Labute approximate surface area is 290 Å². The summed E-state index contributed by atoms with van der Waals surface area (Å²) in [6.45, 7) is 0. The first kappa shape index (κ1) is 31.3. The minimum atomic E-state index is -0.404. The molecule has 4 atom stereocenters. The molecule has 2 heterocycles. The summed E-state index contributed by atoms with van der Waals surface area (Å²) in [7, 11) is 5.69. The molecule has 0 aliphatic heterocycles. The Kier molecular flexibility index (Phi) is 7.76. The molecular formula is C40H38Cl2N4O2. The number of hydrogen-bond donors (Lipinski definition) is 1. The first-order valence-corrected chi connectivity index (χ1v) is 17.3. The number of rotatable bonds is 8. The van der Waals surface area contributed by atoms with Crippen LogP contribution >= 0.6 is 23.2 Å². The van der Waals surface area contributed by atoms with Gasteiger partial charge in [0.1, 0.15) is 0 Å². The number of pyridine rings is 1. The summed E-state index contributed by atoms with van der Waals surface area (Å²) in [5, 5.41) is 6.55. The summed E-state index contributed by atoms with van der Waals surface area (Å²) in [4.78, 5) is 17.8. The monoisotopic (exact) mass is 676 g/mol. The second-order valence-corrected chi connectivity index (χ2v) is 14.5. The maximum atomic E-state index is 13.2. The fourth-order valence-corrected chi connectivity index (χ4v) is 8.67. The van der Waals surface area contributed by atoms with Crippen LogP contribution in [0.1, 0.15) is 48.4 Å². The highest BCUT2D eigenvalue weighted by molar-refractivity contribution is 6.31. The van der Waals surface area contributed by atoms with Crippen LogP contribution in [-0.4, -0.2) is 38.9 Å². The van der Waals surface area contributed by atoms with E-state index in [0.717, 1.165) is 58.4 Å². The van der Waals surface area contributed by atoms with E-state index in [1.54, 1.807) is 17.7 Å². The van der Waals surface area contributed by atoms with Crippen molar-refractivity contribution in [3.05, 3.63) is 146 Å². The summed E-state index contributed by atoms with van der Waals surface area (Å²) >= 11 is 12.9. The number of fused-ring (bicyclic) bond motifs is 1. The molecule has 2 aromatic heterocycles. The molecule has 48 heavy (non-hydrogen) atoms. The molecule has 2 fully saturated rings. The summed E-state index contributed by atoms with van der Waals surface area (Å²) in [5.74, 6) is 0.0853. The highest BCUT2D eigenvalue weighted by Gasteiger charge is 2.61. The van der Waals surface area contributed by atoms with Gasteiger partial charge in [-0.2, -0.15) is 0 Å². The smallest absolute Gasteiger partial charge is 0.251 e. The Hall–Kier alpha value is -3.94. The average molecular weight is 678 g/mol. The highest BCUT2D eigenvalue weighted by Crippen LogP contribution is 2.60. The van der Waals surface area contributed by atoms with Gasteiger partial charge in [0.2, 0.25) is 0 Å². The molecule has 244 valence electrons. The summed E-state index contributed by atoms with van der Waals surface area (Å²) < 4.78 is 9.47. The molecule has 3 aliphatic rings. The number of aromatic nitrogens is 3. The minimum absolute atomic E-state index is 0.0371. The van der Waals surface area contributed by atoms with Gasteiger partial charge in [-0.25, -0.2) is 4.98 Å². The van der Waals surface area contributed by atoms with E-state index in [-0.39, 0.29) is 29.2 Å². The fourth-order valence-electron chi connectivity index (χ4n) is 8.35. The minimum Gasteiger partial charge on any atom is -0.377 e. The van der Waals surface area contributed by atoms with Gasteiger partial charge in [-0.05, 0) is 89.9 Å². The third kappa shape index (κ3) is 5.09. The normalized spacial score (nSPS) is 24.4. The van der Waals surface area contributed by atoms with Crippen molar-refractivity contribution >= 4 is 34.1 Å². The zero-order chi connectivity index (χ0) is 33.2. The van der Waals surface area contributed by atoms with Gasteiger partial charge in [0.25, 0.3) is 5.56 Å². The molecule has 3 aliphatic carbocycles. The standard InChI is InChI=1S/C40H38Cl2N4O2/c1-45-24-43-23-36(45)40(28-11-16-35-33(20-28)32(21-37(47)46(35)2)26-5-4-6-30(42)19-26)22-34(38(40)25-7-12-29(41)13-8-25)44-39(17-18-39)27-9-14-31(48-3)15-10-27/h4-14,16,19-21,23-24,31,34,38,44H,15,17-18,22H2,1-3H3/t31?,34?,38-,40?/m1/s1. The van der Waals surface area contributed by atoms with Crippen molar-refractivity contribution < 1.29 is 4.74 Å². The van der Waals surface area contributed by atoms with Crippen molar-refractivity contribution in [3.63, 3.8) is 0 Å². The molecule has 8 heteroatoms. The molecule has 0 saturated heterocycles. The van der Waals surface area contributed by atoms with E-state index in [1.165, 1.54) is 16.7 Å². The first-order chi connectivity index (χ1) is 23.2. The van der Waals surface area contributed by atoms with Gasteiger partial charge in [0.15, 0.2) is 0 Å². The number of nitrogens with one attached hydrogen (secondary N) is 1. The molecule has 1 N–H and O–H groups in total. The van der Waals surface area contributed by atoms with Crippen molar-refractivity contribution in [2.24, 2.45) is 14.1 Å². The van der Waals surface area contributed by atoms with Crippen LogP contribution in [0.3, 0.4) is 0 Å². The van der Waals surface area contributed by atoms with Crippen molar-refractivity contribution in [2.75, 3.05) is 7.11 Å². The van der Waals surface area contributed by atoms with Crippen molar-refractivity contribution in [1.29, 1.82) is 0 Å². The number of methoxy groups -OCH3 is 1. The van der Waals surface area contributed by atoms with Crippen LogP contribution in [0.4, 0.5) is 0 Å². The van der Waals surface area contributed by atoms with E-state index in [1.807, 2.05) is 56.0 Å². The molecule has 0 radical (unpaired) electrons. The number of benzene rings is 3. The van der Waals surface area contributed by atoms with E-state index in [9.17, 15) is 4.79 Å². The molecule has 0 amide bonds. The van der Waals surface area contributed by atoms with Crippen LogP contribution in [-0.2, 0) is 24.2 Å². The van der Waals surface area contributed by atoms with Crippen LogP contribution in [0.2, 0.25) is 10.0 Å². The highest BCUT2D eigenvalue weighted by atomic mass is 35.5. The van der Waals surface area contributed by atoms with E-state index in [4.69, 9.17) is 27.9 Å². The summed E-state index contributed by atoms with van der Waals surface area (Å²) in [6, 6.07) is 24.6. The summed E-state index contributed by atoms with van der Waals surface area (Å²) in [5.41, 5.74) is 7.09. The van der Waals surface area contributed by atoms with E-state index >= 15 is 0 Å². The third-order valence-electron chi connectivity index (χ3n) is 11.0. The molecule has 0 spiro atoms. The molecule has 6 nitrogen and oxygen atoms in total.